The van der Waals surface area contributed by atoms with Gasteiger partial charge in [-0.2, -0.15) is 0 Å². The Morgan fingerprint density at radius 3 is 1.81 bits per heavy atom. The smallest absolute Gasteiger partial charge is 0.233 e. The highest BCUT2D eigenvalue weighted by atomic mass is 16.2. The van der Waals surface area contributed by atoms with E-state index in [-0.39, 0.29) is 36.1 Å². The Kier molecular flexibility index (Phi) is 8.88. The summed E-state index contributed by atoms with van der Waals surface area (Å²) in [5, 5.41) is 3.06. The van der Waals surface area contributed by atoms with Gasteiger partial charge in [-0.05, 0) is 54.5 Å². The van der Waals surface area contributed by atoms with Gasteiger partial charge in [0, 0.05) is 38.1 Å². The van der Waals surface area contributed by atoms with Crippen LogP contribution in [0.1, 0.15) is 76.5 Å². The number of para-hydroxylation sites is 1. The highest BCUT2D eigenvalue weighted by Crippen LogP contribution is 2.32. The van der Waals surface area contributed by atoms with Gasteiger partial charge in [-0.3, -0.25) is 9.59 Å². The molecule has 2 aromatic carbocycles. The molecule has 32 heavy (non-hydrogen) atoms. The number of hydrogen-bond acceptors (Lipinski definition) is 3. The zero-order valence-electron chi connectivity index (χ0n) is 20.9. The summed E-state index contributed by atoms with van der Waals surface area (Å²) in [7, 11) is 4.00. The lowest BCUT2D eigenvalue weighted by atomic mass is 9.92. The van der Waals surface area contributed by atoms with Crippen molar-refractivity contribution < 1.29 is 9.59 Å². The van der Waals surface area contributed by atoms with Gasteiger partial charge in [0.1, 0.15) is 6.42 Å². The van der Waals surface area contributed by atoms with Gasteiger partial charge in [-0.15, -0.1) is 0 Å². The average molecular weight is 438 g/mol. The average Bonchev–Trinajstić information content (AvgIpc) is 2.71. The van der Waals surface area contributed by atoms with Gasteiger partial charge in [0.2, 0.25) is 11.8 Å². The third-order valence-corrected chi connectivity index (χ3v) is 5.70. The standard InChI is InChI=1S/C27H39N3O2/c1-18(2)23-10-9-11-24(19(3)4)27(23)28-25(31)16-26(32)30(20(5)6)17-21-12-14-22(15-13-21)29(7)8/h9-15,18-20H,16-17H2,1-8H3,(H,28,31). The molecule has 2 rings (SSSR count). The number of rotatable bonds is 9. The molecule has 0 saturated heterocycles. The van der Waals surface area contributed by atoms with Gasteiger partial charge in [-0.1, -0.05) is 58.0 Å². The predicted molar refractivity (Wildman–Crippen MR) is 134 cm³/mol. The van der Waals surface area contributed by atoms with E-state index in [0.717, 1.165) is 28.1 Å². The lowest BCUT2D eigenvalue weighted by Gasteiger charge is -2.27. The minimum Gasteiger partial charge on any atom is -0.378 e. The van der Waals surface area contributed by atoms with Crippen molar-refractivity contribution in [3.05, 3.63) is 59.2 Å². The first-order chi connectivity index (χ1) is 15.0. The number of hydrogen-bond donors (Lipinski definition) is 1. The fraction of sp³-hybridized carbons (Fsp3) is 0.481. The quantitative estimate of drug-likeness (QED) is 0.507. The van der Waals surface area contributed by atoms with Crippen LogP contribution >= 0.6 is 0 Å². The topological polar surface area (TPSA) is 52.7 Å². The summed E-state index contributed by atoms with van der Waals surface area (Å²) in [6.45, 7) is 12.9. The summed E-state index contributed by atoms with van der Waals surface area (Å²) in [6.07, 6.45) is -0.169. The van der Waals surface area contributed by atoms with Crippen LogP contribution in [0.25, 0.3) is 0 Å². The van der Waals surface area contributed by atoms with Crippen molar-refractivity contribution >= 4 is 23.2 Å². The summed E-state index contributed by atoms with van der Waals surface area (Å²) in [6, 6.07) is 14.3. The molecule has 2 amide bonds. The third kappa shape index (κ3) is 6.59. The summed E-state index contributed by atoms with van der Waals surface area (Å²) in [5.74, 6) is 0.120. The zero-order valence-corrected chi connectivity index (χ0v) is 20.9. The molecule has 0 aliphatic rings. The molecule has 0 radical (unpaired) electrons. The van der Waals surface area contributed by atoms with Crippen LogP contribution in [0.2, 0.25) is 0 Å². The Morgan fingerprint density at radius 1 is 0.844 bits per heavy atom. The van der Waals surface area contributed by atoms with Crippen LogP contribution in [0.5, 0.6) is 0 Å². The molecule has 0 aliphatic heterocycles. The molecular weight excluding hydrogens is 398 g/mol. The van der Waals surface area contributed by atoms with Gasteiger partial charge >= 0.3 is 0 Å². The fourth-order valence-corrected chi connectivity index (χ4v) is 3.77. The van der Waals surface area contributed by atoms with Gasteiger partial charge in [0.05, 0.1) is 0 Å². The van der Waals surface area contributed by atoms with Crippen molar-refractivity contribution in [3.63, 3.8) is 0 Å². The number of carbonyl (C=O) groups is 2. The molecule has 0 heterocycles. The maximum atomic E-state index is 13.1. The van der Waals surface area contributed by atoms with E-state index in [9.17, 15) is 9.59 Å². The largest absolute Gasteiger partial charge is 0.378 e. The van der Waals surface area contributed by atoms with Crippen LogP contribution in [0, 0.1) is 0 Å². The van der Waals surface area contributed by atoms with Crippen LogP contribution < -0.4 is 10.2 Å². The minimum absolute atomic E-state index is 0.00185. The first-order valence-electron chi connectivity index (χ1n) is 11.5. The first kappa shape index (κ1) is 25.4. The van der Waals surface area contributed by atoms with E-state index in [2.05, 4.69) is 33.0 Å². The highest BCUT2D eigenvalue weighted by Gasteiger charge is 2.22. The Bertz CT molecular complexity index is 889. The molecule has 1 N–H and O–H groups in total. The van der Waals surface area contributed by atoms with E-state index in [1.807, 2.05) is 75.3 Å². The van der Waals surface area contributed by atoms with Crippen molar-refractivity contribution in [2.24, 2.45) is 0 Å². The van der Waals surface area contributed by atoms with Gasteiger partial charge in [0.15, 0.2) is 0 Å². The normalized spacial score (nSPS) is 11.2. The lowest BCUT2D eigenvalue weighted by molar-refractivity contribution is -0.136. The van der Waals surface area contributed by atoms with Crippen LogP contribution in [-0.4, -0.2) is 36.9 Å². The summed E-state index contributed by atoms with van der Waals surface area (Å²) < 4.78 is 0. The van der Waals surface area contributed by atoms with Crippen molar-refractivity contribution in [3.8, 4) is 0 Å². The van der Waals surface area contributed by atoms with Crippen LogP contribution in [-0.2, 0) is 16.1 Å². The second-order valence-electron chi connectivity index (χ2n) is 9.52. The maximum Gasteiger partial charge on any atom is 0.233 e. The monoisotopic (exact) mass is 437 g/mol. The van der Waals surface area contributed by atoms with E-state index in [0.29, 0.717) is 6.54 Å². The van der Waals surface area contributed by atoms with Gasteiger partial charge < -0.3 is 15.1 Å². The molecule has 0 unspecified atom stereocenters. The zero-order chi connectivity index (χ0) is 24.0. The third-order valence-electron chi connectivity index (χ3n) is 5.70. The van der Waals surface area contributed by atoms with Crippen molar-refractivity contribution in [2.75, 3.05) is 24.3 Å². The molecule has 0 spiro atoms. The molecule has 174 valence electrons. The number of nitrogens with one attached hydrogen (secondary N) is 1. The molecule has 2 aromatic rings. The Hall–Kier alpha value is -2.82. The Labute approximate surface area is 193 Å². The van der Waals surface area contributed by atoms with Crippen molar-refractivity contribution in [1.82, 2.24) is 4.90 Å². The van der Waals surface area contributed by atoms with E-state index < -0.39 is 0 Å². The summed E-state index contributed by atoms with van der Waals surface area (Å²) >= 11 is 0. The molecule has 0 saturated carbocycles. The number of nitrogens with zero attached hydrogens (tertiary/aromatic N) is 2. The summed E-state index contributed by atoms with van der Waals surface area (Å²) in [4.78, 5) is 29.8. The molecule has 0 bridgehead atoms. The van der Waals surface area contributed by atoms with Gasteiger partial charge in [-0.25, -0.2) is 0 Å². The molecule has 5 heteroatoms. The molecule has 0 aliphatic carbocycles. The fourth-order valence-electron chi connectivity index (χ4n) is 3.77. The SMILES string of the molecule is CC(C)c1cccc(C(C)C)c1NC(=O)CC(=O)N(Cc1ccc(N(C)C)cc1)C(C)C. The molecule has 0 atom stereocenters. The minimum atomic E-state index is -0.265. The number of anilines is 2. The van der Waals surface area contributed by atoms with Gasteiger partial charge in [0.25, 0.3) is 0 Å². The second kappa shape index (κ2) is 11.2. The maximum absolute atomic E-state index is 13.1. The van der Waals surface area contributed by atoms with Crippen LogP contribution in [0.4, 0.5) is 11.4 Å². The Morgan fingerprint density at radius 2 is 1.38 bits per heavy atom. The molecule has 0 aromatic heterocycles. The van der Waals surface area contributed by atoms with E-state index in [1.54, 1.807) is 4.90 Å². The van der Waals surface area contributed by atoms with E-state index >= 15 is 0 Å². The van der Waals surface area contributed by atoms with Crippen molar-refractivity contribution in [2.45, 2.75) is 72.4 Å². The number of amides is 2. The summed E-state index contributed by atoms with van der Waals surface area (Å²) in [5.41, 5.74) is 5.20. The van der Waals surface area contributed by atoms with E-state index in [4.69, 9.17) is 0 Å². The van der Waals surface area contributed by atoms with Crippen LogP contribution in [0.15, 0.2) is 42.5 Å². The first-order valence-corrected chi connectivity index (χ1v) is 11.5. The highest BCUT2D eigenvalue weighted by molar-refractivity contribution is 6.04. The predicted octanol–water partition coefficient (Wildman–Crippen LogP) is 5.77. The molecule has 0 fully saturated rings. The Balaban J connectivity index is 2.15. The van der Waals surface area contributed by atoms with Crippen molar-refractivity contribution in [1.29, 1.82) is 0 Å². The number of benzene rings is 2. The number of carbonyl (C=O) groups excluding carboxylic acids is 2. The second-order valence-corrected chi connectivity index (χ2v) is 9.52. The molecular formula is C27H39N3O2. The van der Waals surface area contributed by atoms with Crippen LogP contribution in [0.3, 0.4) is 0 Å². The molecule has 5 nitrogen and oxygen atoms in total. The lowest BCUT2D eigenvalue weighted by Crippen LogP contribution is -2.38. The van der Waals surface area contributed by atoms with E-state index in [1.165, 1.54) is 0 Å².